The van der Waals surface area contributed by atoms with Crippen LogP contribution in [0.2, 0.25) is 0 Å². The molecule has 2 fully saturated rings. The van der Waals surface area contributed by atoms with Crippen LogP contribution >= 0.6 is 0 Å². The standard InChI is InChI=1S/C27H33NO4/c1-27-13-12-20-21(9-6-18-14-24(29)25(31-3)15-22(18)20)23(27)10-11-26(27)28-32-16-17-4-7-19(30-2)8-5-17/h4-5,7-8,14-15,20-21,23,29H,6,9-13,16H2,1-3H3/t20-,21+,23-,27-/m0/s1. The molecule has 2 saturated carbocycles. The largest absolute Gasteiger partial charge is 0.504 e. The molecular formula is C27H33NO4. The summed E-state index contributed by atoms with van der Waals surface area (Å²) in [7, 11) is 3.31. The predicted molar refractivity (Wildman–Crippen MR) is 124 cm³/mol. The van der Waals surface area contributed by atoms with Gasteiger partial charge in [0.25, 0.3) is 0 Å². The van der Waals surface area contributed by atoms with E-state index in [1.807, 2.05) is 30.3 Å². The number of hydrogen-bond donors (Lipinski definition) is 1. The summed E-state index contributed by atoms with van der Waals surface area (Å²) in [5.41, 5.74) is 5.14. The summed E-state index contributed by atoms with van der Waals surface area (Å²) in [6.07, 6.45) is 6.71. The first-order chi connectivity index (χ1) is 15.5. The topological polar surface area (TPSA) is 60.3 Å². The van der Waals surface area contributed by atoms with Crippen molar-refractivity contribution in [1.82, 2.24) is 0 Å². The number of methoxy groups -OCH3 is 2. The lowest BCUT2D eigenvalue weighted by atomic mass is 9.55. The monoisotopic (exact) mass is 435 g/mol. The smallest absolute Gasteiger partial charge is 0.160 e. The molecule has 0 radical (unpaired) electrons. The summed E-state index contributed by atoms with van der Waals surface area (Å²) in [5, 5.41) is 14.9. The maximum absolute atomic E-state index is 10.2. The fourth-order valence-corrected chi connectivity index (χ4v) is 6.60. The highest BCUT2D eigenvalue weighted by atomic mass is 16.6. The Morgan fingerprint density at radius 3 is 2.59 bits per heavy atom. The number of fused-ring (bicyclic) bond motifs is 5. The molecule has 0 aromatic heterocycles. The van der Waals surface area contributed by atoms with Gasteiger partial charge in [-0.2, -0.15) is 0 Å². The van der Waals surface area contributed by atoms with E-state index >= 15 is 0 Å². The van der Waals surface area contributed by atoms with Gasteiger partial charge < -0.3 is 19.4 Å². The SMILES string of the molecule is COc1ccc(CON=C2CC[C@H]3[C@@H]4CCc5cc(O)c(OC)cc5[C@H]4CC[C@]23C)cc1. The summed E-state index contributed by atoms with van der Waals surface area (Å²) in [6, 6.07) is 12.0. The maximum Gasteiger partial charge on any atom is 0.160 e. The van der Waals surface area contributed by atoms with Gasteiger partial charge in [0, 0.05) is 5.41 Å². The number of hydrogen-bond acceptors (Lipinski definition) is 5. The molecule has 0 heterocycles. The van der Waals surface area contributed by atoms with E-state index in [2.05, 4.69) is 18.1 Å². The van der Waals surface area contributed by atoms with Crippen molar-refractivity contribution in [3.8, 4) is 17.2 Å². The molecule has 2 aromatic rings. The predicted octanol–water partition coefficient (Wildman–Crippen LogP) is 5.84. The lowest BCUT2D eigenvalue weighted by Gasteiger charge is -2.49. The number of ether oxygens (including phenoxy) is 2. The van der Waals surface area contributed by atoms with E-state index in [-0.39, 0.29) is 11.2 Å². The number of oxime groups is 1. The molecule has 0 unspecified atom stereocenters. The van der Waals surface area contributed by atoms with Crippen LogP contribution in [0.5, 0.6) is 17.2 Å². The van der Waals surface area contributed by atoms with Crippen molar-refractivity contribution in [2.75, 3.05) is 14.2 Å². The van der Waals surface area contributed by atoms with Gasteiger partial charge in [0.05, 0.1) is 19.9 Å². The van der Waals surface area contributed by atoms with E-state index in [1.165, 1.54) is 29.7 Å². The molecule has 0 spiro atoms. The second kappa shape index (κ2) is 8.34. The fraction of sp³-hybridized carbons (Fsp3) is 0.519. The van der Waals surface area contributed by atoms with Crippen molar-refractivity contribution in [1.29, 1.82) is 0 Å². The molecule has 2 aromatic carbocycles. The average molecular weight is 436 g/mol. The second-order valence-electron chi connectivity index (χ2n) is 9.79. The van der Waals surface area contributed by atoms with Gasteiger partial charge in [0.15, 0.2) is 11.5 Å². The van der Waals surface area contributed by atoms with Gasteiger partial charge in [0.1, 0.15) is 12.4 Å². The molecule has 3 aliphatic rings. The fourth-order valence-electron chi connectivity index (χ4n) is 6.60. The number of rotatable bonds is 5. The van der Waals surface area contributed by atoms with Gasteiger partial charge in [-0.15, -0.1) is 0 Å². The third-order valence-corrected chi connectivity index (χ3v) is 8.33. The molecule has 0 aliphatic heterocycles. The molecule has 3 aliphatic carbocycles. The Morgan fingerprint density at radius 1 is 1.03 bits per heavy atom. The van der Waals surface area contributed by atoms with Crippen LogP contribution in [-0.4, -0.2) is 25.0 Å². The molecule has 0 saturated heterocycles. The zero-order chi connectivity index (χ0) is 22.3. The molecular weight excluding hydrogens is 402 g/mol. The van der Waals surface area contributed by atoms with Crippen LogP contribution in [0.1, 0.15) is 61.6 Å². The highest BCUT2D eigenvalue weighted by Gasteiger charge is 2.53. The maximum atomic E-state index is 10.2. The third-order valence-electron chi connectivity index (χ3n) is 8.33. The molecule has 4 atom stereocenters. The summed E-state index contributed by atoms with van der Waals surface area (Å²) in [4.78, 5) is 5.83. The number of nitrogens with zero attached hydrogens (tertiary/aromatic N) is 1. The average Bonchev–Trinajstić information content (AvgIpc) is 3.15. The zero-order valence-electron chi connectivity index (χ0n) is 19.3. The van der Waals surface area contributed by atoms with Crippen molar-refractivity contribution in [2.24, 2.45) is 22.4 Å². The molecule has 5 nitrogen and oxygen atoms in total. The minimum Gasteiger partial charge on any atom is -0.504 e. The van der Waals surface area contributed by atoms with Crippen molar-refractivity contribution < 1.29 is 19.4 Å². The van der Waals surface area contributed by atoms with E-state index in [0.29, 0.717) is 30.1 Å². The van der Waals surface area contributed by atoms with Gasteiger partial charge in [0.2, 0.25) is 0 Å². The van der Waals surface area contributed by atoms with Crippen molar-refractivity contribution in [3.63, 3.8) is 0 Å². The quantitative estimate of drug-likeness (QED) is 0.600. The molecule has 1 N–H and O–H groups in total. The van der Waals surface area contributed by atoms with Gasteiger partial charge in [-0.1, -0.05) is 24.2 Å². The van der Waals surface area contributed by atoms with Gasteiger partial charge >= 0.3 is 0 Å². The third kappa shape index (κ3) is 3.52. The Hall–Kier alpha value is -2.69. The number of aromatic hydroxyl groups is 1. The normalized spacial score (nSPS) is 29.7. The van der Waals surface area contributed by atoms with Crippen molar-refractivity contribution in [3.05, 3.63) is 53.1 Å². The lowest BCUT2D eigenvalue weighted by Crippen LogP contribution is -2.42. The van der Waals surface area contributed by atoms with Crippen molar-refractivity contribution in [2.45, 2.75) is 58.0 Å². The number of phenolic OH excluding ortho intramolecular Hbond substituents is 1. The first-order valence-corrected chi connectivity index (χ1v) is 11.8. The zero-order valence-corrected chi connectivity index (χ0v) is 19.3. The highest BCUT2D eigenvalue weighted by molar-refractivity contribution is 5.92. The van der Waals surface area contributed by atoms with Gasteiger partial charge in [-0.05, 0) is 97.2 Å². The Kier molecular flexibility index (Phi) is 5.52. The lowest BCUT2D eigenvalue weighted by molar-refractivity contribution is 0.0868. The van der Waals surface area contributed by atoms with Crippen LogP contribution in [0.25, 0.3) is 0 Å². The van der Waals surface area contributed by atoms with E-state index in [4.69, 9.17) is 14.3 Å². The van der Waals surface area contributed by atoms with Crippen LogP contribution in [-0.2, 0) is 17.9 Å². The minimum atomic E-state index is 0.125. The summed E-state index contributed by atoms with van der Waals surface area (Å²) in [6.45, 7) is 2.89. The highest BCUT2D eigenvalue weighted by Crippen LogP contribution is 2.60. The number of phenols is 1. The summed E-state index contributed by atoms with van der Waals surface area (Å²) >= 11 is 0. The Balaban J connectivity index is 1.32. The number of benzene rings is 2. The van der Waals surface area contributed by atoms with E-state index in [0.717, 1.165) is 37.0 Å². The Labute approximate surface area is 190 Å². The molecule has 170 valence electrons. The minimum absolute atomic E-state index is 0.125. The van der Waals surface area contributed by atoms with E-state index < -0.39 is 0 Å². The molecule has 5 rings (SSSR count). The first-order valence-electron chi connectivity index (χ1n) is 11.8. The number of aryl methyl sites for hydroxylation is 1. The first kappa shape index (κ1) is 21.2. The molecule has 32 heavy (non-hydrogen) atoms. The van der Waals surface area contributed by atoms with Crippen molar-refractivity contribution >= 4 is 5.71 Å². The molecule has 0 bridgehead atoms. The molecule has 0 amide bonds. The van der Waals surface area contributed by atoms with Crippen LogP contribution in [0.3, 0.4) is 0 Å². The van der Waals surface area contributed by atoms with Gasteiger partial charge in [-0.25, -0.2) is 0 Å². The Morgan fingerprint density at radius 2 is 1.84 bits per heavy atom. The second-order valence-corrected chi connectivity index (χ2v) is 9.79. The van der Waals surface area contributed by atoms with Crippen LogP contribution in [0, 0.1) is 17.3 Å². The van der Waals surface area contributed by atoms with Crippen LogP contribution in [0.4, 0.5) is 0 Å². The van der Waals surface area contributed by atoms with E-state index in [1.54, 1.807) is 14.2 Å². The molecule has 5 heteroatoms. The Bertz CT molecular complexity index is 1020. The van der Waals surface area contributed by atoms with Gasteiger partial charge in [-0.3, -0.25) is 0 Å². The summed E-state index contributed by atoms with van der Waals surface area (Å²) < 4.78 is 10.6. The van der Waals surface area contributed by atoms with Crippen LogP contribution in [0.15, 0.2) is 41.6 Å². The summed E-state index contributed by atoms with van der Waals surface area (Å²) in [5.74, 6) is 3.55. The van der Waals surface area contributed by atoms with E-state index in [9.17, 15) is 5.11 Å². The van der Waals surface area contributed by atoms with Crippen LogP contribution < -0.4 is 9.47 Å².